The normalized spacial score (nSPS) is 15.6. The molecule has 3 rings (SSSR count). The van der Waals surface area contributed by atoms with Gasteiger partial charge in [0, 0.05) is 30.6 Å². The van der Waals surface area contributed by atoms with E-state index in [0.717, 1.165) is 0 Å². The zero-order valence-corrected chi connectivity index (χ0v) is 19.8. The van der Waals surface area contributed by atoms with Gasteiger partial charge in [0.05, 0.1) is 18.2 Å². The molecule has 1 aliphatic heterocycles. The number of hydrogen-bond donors (Lipinski definition) is 2. The summed E-state index contributed by atoms with van der Waals surface area (Å²) < 4.78 is 15.7. The van der Waals surface area contributed by atoms with Gasteiger partial charge in [-0.05, 0) is 48.9 Å². The molecule has 2 N–H and O–H groups in total. The van der Waals surface area contributed by atoms with Crippen molar-refractivity contribution in [2.75, 3.05) is 39.3 Å². The molecule has 0 aromatic heterocycles. The summed E-state index contributed by atoms with van der Waals surface area (Å²) in [6.07, 6.45) is 0. The highest BCUT2D eigenvalue weighted by atomic mass is 35.5. The largest absolute Gasteiger partial charge is 0.484 e. The van der Waals surface area contributed by atoms with Crippen molar-refractivity contribution in [3.63, 3.8) is 0 Å². The maximum atomic E-state index is 12.8. The molecule has 2 aromatic carbocycles. The van der Waals surface area contributed by atoms with Crippen molar-refractivity contribution in [2.45, 2.75) is 13.0 Å². The molecule has 0 saturated heterocycles. The number of nitrogens with zero attached hydrogens (tertiary/aromatic N) is 1. The second kappa shape index (κ2) is 11.5. The van der Waals surface area contributed by atoms with Crippen LogP contribution in [0.3, 0.4) is 0 Å². The van der Waals surface area contributed by atoms with Gasteiger partial charge in [-0.15, -0.1) is 0 Å². The molecule has 0 bridgehead atoms. The van der Waals surface area contributed by atoms with Gasteiger partial charge in [-0.25, -0.2) is 9.59 Å². The summed E-state index contributed by atoms with van der Waals surface area (Å²) in [6, 6.07) is 12.4. The van der Waals surface area contributed by atoms with Crippen molar-refractivity contribution < 1.29 is 28.6 Å². The Bertz CT molecular complexity index is 1090. The summed E-state index contributed by atoms with van der Waals surface area (Å²) in [7, 11) is 3.08. The van der Waals surface area contributed by atoms with E-state index in [1.165, 1.54) is 12.0 Å². The first-order valence-corrected chi connectivity index (χ1v) is 10.9. The van der Waals surface area contributed by atoms with E-state index < -0.39 is 12.0 Å². The maximum Gasteiger partial charge on any atom is 0.338 e. The number of ether oxygens (including phenoxy) is 3. The van der Waals surface area contributed by atoms with E-state index in [1.54, 1.807) is 62.5 Å². The number of esters is 1. The molecule has 0 aliphatic carbocycles. The average Bonchev–Trinajstić information content (AvgIpc) is 2.82. The number of allylic oxidation sites excluding steroid dienone is 1. The maximum absolute atomic E-state index is 12.8. The van der Waals surface area contributed by atoms with Crippen LogP contribution in [0.2, 0.25) is 5.02 Å². The number of methoxy groups -OCH3 is 1. The summed E-state index contributed by atoms with van der Waals surface area (Å²) in [4.78, 5) is 39.0. The Morgan fingerprint density at radius 1 is 1.15 bits per heavy atom. The highest BCUT2D eigenvalue weighted by Gasteiger charge is 2.35. The Labute approximate surface area is 202 Å². The molecule has 34 heavy (non-hydrogen) atoms. The number of hydrogen-bond acceptors (Lipinski definition) is 6. The summed E-state index contributed by atoms with van der Waals surface area (Å²) in [5.41, 5.74) is 1.87. The van der Waals surface area contributed by atoms with E-state index in [1.807, 2.05) is 0 Å². The summed E-state index contributed by atoms with van der Waals surface area (Å²) in [6.45, 7) is 1.82. The lowest BCUT2D eigenvalue weighted by atomic mass is 9.94. The van der Waals surface area contributed by atoms with E-state index in [0.29, 0.717) is 33.3 Å². The van der Waals surface area contributed by atoms with Crippen molar-refractivity contribution in [1.82, 2.24) is 10.2 Å². The van der Waals surface area contributed by atoms with Gasteiger partial charge in [-0.1, -0.05) is 23.7 Å². The second-order valence-corrected chi connectivity index (χ2v) is 7.92. The molecule has 3 amide bonds. The van der Waals surface area contributed by atoms with Crippen LogP contribution in [0.5, 0.6) is 5.75 Å². The van der Waals surface area contributed by atoms with Gasteiger partial charge in [0.15, 0.2) is 6.61 Å². The Morgan fingerprint density at radius 3 is 2.59 bits per heavy atom. The van der Waals surface area contributed by atoms with Crippen LogP contribution in [0.25, 0.3) is 0 Å². The number of amides is 3. The topological polar surface area (TPSA) is 106 Å². The molecule has 1 aliphatic rings. The predicted molar refractivity (Wildman–Crippen MR) is 127 cm³/mol. The zero-order valence-electron chi connectivity index (χ0n) is 19.1. The van der Waals surface area contributed by atoms with Crippen LogP contribution in [0, 0.1) is 0 Å². The Kier molecular flexibility index (Phi) is 8.50. The number of urea groups is 1. The van der Waals surface area contributed by atoms with Gasteiger partial charge in [0.2, 0.25) is 0 Å². The Balaban J connectivity index is 1.75. The fourth-order valence-corrected chi connectivity index (χ4v) is 3.44. The summed E-state index contributed by atoms with van der Waals surface area (Å²) >= 11 is 5.85. The number of nitrogens with one attached hydrogen (secondary N) is 2. The van der Waals surface area contributed by atoms with E-state index >= 15 is 0 Å². The zero-order chi connectivity index (χ0) is 24.7. The van der Waals surface area contributed by atoms with Gasteiger partial charge >= 0.3 is 12.0 Å². The van der Waals surface area contributed by atoms with Gasteiger partial charge in [0.25, 0.3) is 5.91 Å². The third-order valence-corrected chi connectivity index (χ3v) is 5.43. The van der Waals surface area contributed by atoms with E-state index in [2.05, 4.69) is 10.6 Å². The van der Waals surface area contributed by atoms with Crippen LogP contribution in [0.15, 0.2) is 59.8 Å². The monoisotopic (exact) mass is 487 g/mol. The SMILES string of the molecule is COCCOC(=O)C1=C(C)N(C)C(=O)NC1c1cccc(NC(=O)COc2ccc(Cl)cc2)c1. The number of anilines is 1. The van der Waals surface area contributed by atoms with Gasteiger partial charge < -0.3 is 29.7 Å². The van der Waals surface area contributed by atoms with Crippen molar-refractivity contribution in [3.8, 4) is 5.75 Å². The fraction of sp³-hybridized carbons (Fsp3) is 0.292. The highest BCUT2D eigenvalue weighted by molar-refractivity contribution is 6.30. The minimum atomic E-state index is -0.749. The first-order chi connectivity index (χ1) is 16.3. The second-order valence-electron chi connectivity index (χ2n) is 7.49. The molecule has 0 saturated carbocycles. The van der Waals surface area contributed by atoms with Crippen LogP contribution in [-0.2, 0) is 19.1 Å². The molecular formula is C24H26ClN3O6. The van der Waals surface area contributed by atoms with Crippen LogP contribution in [0.4, 0.5) is 10.5 Å². The lowest BCUT2D eigenvalue weighted by Crippen LogP contribution is -2.46. The first-order valence-electron chi connectivity index (χ1n) is 10.5. The molecule has 1 unspecified atom stereocenters. The third kappa shape index (κ3) is 6.27. The van der Waals surface area contributed by atoms with Crippen molar-refractivity contribution in [2.24, 2.45) is 0 Å². The lowest BCUT2D eigenvalue weighted by molar-refractivity contribution is -0.141. The van der Waals surface area contributed by atoms with Crippen LogP contribution < -0.4 is 15.4 Å². The van der Waals surface area contributed by atoms with E-state index in [9.17, 15) is 14.4 Å². The number of halogens is 1. The van der Waals surface area contributed by atoms with Gasteiger partial charge in [-0.2, -0.15) is 0 Å². The molecule has 9 nitrogen and oxygen atoms in total. The number of carbonyl (C=O) groups is 3. The summed E-state index contributed by atoms with van der Waals surface area (Å²) in [5.74, 6) is -0.415. The van der Waals surface area contributed by atoms with Crippen molar-refractivity contribution in [3.05, 3.63) is 70.4 Å². The van der Waals surface area contributed by atoms with Crippen LogP contribution in [-0.4, -0.2) is 56.8 Å². The predicted octanol–water partition coefficient (Wildman–Crippen LogP) is 3.52. The molecule has 1 atom stereocenters. The molecule has 10 heteroatoms. The smallest absolute Gasteiger partial charge is 0.338 e. The Morgan fingerprint density at radius 2 is 1.88 bits per heavy atom. The molecule has 1 heterocycles. The van der Waals surface area contributed by atoms with Crippen LogP contribution >= 0.6 is 11.6 Å². The number of carbonyl (C=O) groups excluding carboxylic acids is 3. The minimum absolute atomic E-state index is 0.0835. The fourth-order valence-electron chi connectivity index (χ4n) is 3.32. The number of benzene rings is 2. The van der Waals surface area contributed by atoms with Gasteiger partial charge in [-0.3, -0.25) is 4.79 Å². The number of rotatable bonds is 9. The molecular weight excluding hydrogens is 462 g/mol. The van der Waals surface area contributed by atoms with Crippen molar-refractivity contribution in [1.29, 1.82) is 0 Å². The standard InChI is InChI=1S/C24H26ClN3O6/c1-15-21(23(30)33-12-11-32-3)22(27-24(31)28(15)2)16-5-4-6-18(13-16)26-20(29)14-34-19-9-7-17(25)8-10-19/h4-10,13,22H,11-12,14H2,1-3H3,(H,26,29)(H,27,31). The lowest BCUT2D eigenvalue weighted by Gasteiger charge is -2.33. The molecule has 2 aromatic rings. The molecule has 0 spiro atoms. The van der Waals surface area contributed by atoms with Gasteiger partial charge in [0.1, 0.15) is 12.4 Å². The van der Waals surface area contributed by atoms with Crippen molar-refractivity contribution >= 4 is 35.2 Å². The van der Waals surface area contributed by atoms with E-state index in [4.69, 9.17) is 25.8 Å². The average molecular weight is 488 g/mol. The summed E-state index contributed by atoms with van der Waals surface area (Å²) in [5, 5.41) is 6.14. The highest BCUT2D eigenvalue weighted by Crippen LogP contribution is 2.31. The van der Waals surface area contributed by atoms with E-state index in [-0.39, 0.29) is 31.8 Å². The molecule has 0 radical (unpaired) electrons. The molecule has 180 valence electrons. The quantitative estimate of drug-likeness (QED) is 0.414. The minimum Gasteiger partial charge on any atom is -0.484 e. The first kappa shape index (κ1) is 25.1. The third-order valence-electron chi connectivity index (χ3n) is 5.18. The Hall–Kier alpha value is -3.56. The van der Waals surface area contributed by atoms with Crippen LogP contribution in [0.1, 0.15) is 18.5 Å². The molecule has 0 fully saturated rings.